The van der Waals surface area contributed by atoms with Crippen LogP contribution in [0.2, 0.25) is 0 Å². The highest BCUT2D eigenvalue weighted by Crippen LogP contribution is 2.22. The molecule has 27 heavy (non-hydrogen) atoms. The van der Waals surface area contributed by atoms with Crippen LogP contribution in [0.3, 0.4) is 0 Å². The molecule has 0 bridgehead atoms. The summed E-state index contributed by atoms with van der Waals surface area (Å²) in [6.07, 6.45) is 0.749. The summed E-state index contributed by atoms with van der Waals surface area (Å²) >= 11 is 0. The number of nitrogens with zero attached hydrogens (tertiary/aromatic N) is 2. The molecule has 1 atom stereocenters. The standard InChI is InChI=1S/C23H30N2O2/c1-23(2,3)27-22(26)24(4)21-14-15-25(17-21)16-18-10-12-20(13-11-18)19-8-6-5-7-9-19/h5-13,21H,14-17H2,1-4H3. The first-order valence-corrected chi connectivity index (χ1v) is 9.64. The van der Waals surface area contributed by atoms with E-state index in [-0.39, 0.29) is 12.1 Å². The van der Waals surface area contributed by atoms with Crippen molar-refractivity contribution in [3.8, 4) is 11.1 Å². The molecule has 0 aliphatic carbocycles. The van der Waals surface area contributed by atoms with E-state index in [0.29, 0.717) is 0 Å². The highest BCUT2D eigenvalue weighted by atomic mass is 16.6. The molecule has 1 heterocycles. The van der Waals surface area contributed by atoms with Crippen LogP contribution in [-0.4, -0.2) is 47.7 Å². The summed E-state index contributed by atoms with van der Waals surface area (Å²) in [6, 6.07) is 19.4. The van der Waals surface area contributed by atoms with Crippen molar-refractivity contribution in [1.29, 1.82) is 0 Å². The molecule has 0 spiro atoms. The first-order chi connectivity index (χ1) is 12.8. The van der Waals surface area contributed by atoms with E-state index in [0.717, 1.165) is 26.1 Å². The zero-order chi connectivity index (χ0) is 19.4. The number of likely N-dealkylation sites (N-methyl/N-ethyl adjacent to an activating group) is 1. The van der Waals surface area contributed by atoms with Gasteiger partial charge < -0.3 is 9.64 Å². The summed E-state index contributed by atoms with van der Waals surface area (Å²) < 4.78 is 5.49. The quantitative estimate of drug-likeness (QED) is 0.779. The van der Waals surface area contributed by atoms with E-state index < -0.39 is 5.60 Å². The lowest BCUT2D eigenvalue weighted by molar-refractivity contribution is 0.0228. The maximum absolute atomic E-state index is 12.3. The lowest BCUT2D eigenvalue weighted by atomic mass is 10.0. The van der Waals surface area contributed by atoms with Crippen molar-refractivity contribution in [2.75, 3.05) is 20.1 Å². The van der Waals surface area contributed by atoms with E-state index >= 15 is 0 Å². The van der Waals surface area contributed by atoms with Crippen molar-refractivity contribution in [1.82, 2.24) is 9.80 Å². The molecule has 1 amide bonds. The van der Waals surface area contributed by atoms with Crippen molar-refractivity contribution in [2.45, 2.75) is 45.4 Å². The Morgan fingerprint density at radius 3 is 2.33 bits per heavy atom. The van der Waals surface area contributed by atoms with Crippen molar-refractivity contribution >= 4 is 6.09 Å². The SMILES string of the molecule is CN(C(=O)OC(C)(C)C)C1CCN(Cc2ccc(-c3ccccc3)cc2)C1. The molecular weight excluding hydrogens is 336 g/mol. The van der Waals surface area contributed by atoms with Crippen LogP contribution >= 0.6 is 0 Å². The maximum atomic E-state index is 12.3. The van der Waals surface area contributed by atoms with Gasteiger partial charge in [-0.3, -0.25) is 4.90 Å². The minimum absolute atomic E-state index is 0.212. The van der Waals surface area contributed by atoms with Crippen molar-refractivity contribution < 1.29 is 9.53 Å². The Morgan fingerprint density at radius 1 is 1.07 bits per heavy atom. The van der Waals surface area contributed by atoms with E-state index in [2.05, 4.69) is 53.4 Å². The number of amides is 1. The summed E-state index contributed by atoms with van der Waals surface area (Å²) in [5.74, 6) is 0. The van der Waals surface area contributed by atoms with Crippen LogP contribution < -0.4 is 0 Å². The van der Waals surface area contributed by atoms with E-state index in [4.69, 9.17) is 4.74 Å². The predicted molar refractivity (Wildman–Crippen MR) is 110 cm³/mol. The van der Waals surface area contributed by atoms with Gasteiger partial charge in [-0.2, -0.15) is 0 Å². The monoisotopic (exact) mass is 366 g/mol. The van der Waals surface area contributed by atoms with Crippen molar-refractivity contribution in [2.24, 2.45) is 0 Å². The lowest BCUT2D eigenvalue weighted by Gasteiger charge is -2.28. The fourth-order valence-corrected chi connectivity index (χ4v) is 3.45. The molecule has 4 nitrogen and oxygen atoms in total. The summed E-state index contributed by atoms with van der Waals surface area (Å²) in [4.78, 5) is 16.4. The third kappa shape index (κ3) is 5.33. The highest BCUT2D eigenvalue weighted by Gasteiger charge is 2.30. The number of carbonyl (C=O) groups is 1. The second kappa shape index (κ2) is 8.13. The van der Waals surface area contributed by atoms with Gasteiger partial charge >= 0.3 is 6.09 Å². The van der Waals surface area contributed by atoms with Crippen LogP contribution in [0.4, 0.5) is 4.79 Å². The third-order valence-corrected chi connectivity index (χ3v) is 4.94. The first kappa shape index (κ1) is 19.4. The molecule has 1 aliphatic heterocycles. The fraction of sp³-hybridized carbons (Fsp3) is 0.435. The average Bonchev–Trinajstić information content (AvgIpc) is 3.09. The zero-order valence-electron chi connectivity index (χ0n) is 16.8. The number of ether oxygens (including phenoxy) is 1. The van der Waals surface area contributed by atoms with Crippen molar-refractivity contribution in [3.63, 3.8) is 0 Å². The molecular formula is C23H30N2O2. The van der Waals surface area contributed by atoms with E-state index in [9.17, 15) is 4.79 Å². The van der Waals surface area contributed by atoms with Gasteiger partial charge in [0.05, 0.1) is 0 Å². The maximum Gasteiger partial charge on any atom is 0.410 e. The van der Waals surface area contributed by atoms with Gasteiger partial charge in [0.15, 0.2) is 0 Å². The molecule has 1 fully saturated rings. The summed E-state index contributed by atoms with van der Waals surface area (Å²) in [5.41, 5.74) is 3.33. The Bertz CT molecular complexity index is 750. The van der Waals surface area contributed by atoms with Gasteiger partial charge in [-0.15, -0.1) is 0 Å². The number of carbonyl (C=O) groups excluding carboxylic acids is 1. The molecule has 2 aromatic rings. The van der Waals surface area contributed by atoms with Gasteiger partial charge in [-0.1, -0.05) is 54.6 Å². The molecule has 0 aromatic heterocycles. The van der Waals surface area contributed by atoms with Crippen LogP contribution in [0, 0.1) is 0 Å². The molecule has 1 aliphatic rings. The molecule has 4 heteroatoms. The zero-order valence-corrected chi connectivity index (χ0v) is 16.8. The third-order valence-electron chi connectivity index (χ3n) is 4.94. The van der Waals surface area contributed by atoms with Gasteiger partial charge in [0.1, 0.15) is 5.60 Å². The first-order valence-electron chi connectivity index (χ1n) is 9.64. The smallest absolute Gasteiger partial charge is 0.410 e. The molecule has 0 N–H and O–H groups in total. The number of likely N-dealkylation sites (tertiary alicyclic amines) is 1. The Kier molecular flexibility index (Phi) is 5.85. The van der Waals surface area contributed by atoms with Crippen LogP contribution in [0.15, 0.2) is 54.6 Å². The Balaban J connectivity index is 1.54. The van der Waals surface area contributed by atoms with Crippen molar-refractivity contribution in [3.05, 3.63) is 60.2 Å². The van der Waals surface area contributed by atoms with Gasteiger partial charge in [-0.25, -0.2) is 4.79 Å². The second-order valence-corrected chi connectivity index (χ2v) is 8.33. The van der Waals surface area contributed by atoms with Gasteiger partial charge in [0, 0.05) is 32.7 Å². The molecule has 0 radical (unpaired) electrons. The normalized spacial score (nSPS) is 17.7. The van der Waals surface area contributed by atoms with Gasteiger partial charge in [0.25, 0.3) is 0 Å². The number of benzene rings is 2. The van der Waals surface area contributed by atoms with Gasteiger partial charge in [0.2, 0.25) is 0 Å². The largest absolute Gasteiger partial charge is 0.444 e. The van der Waals surface area contributed by atoms with Crippen LogP contribution in [0.1, 0.15) is 32.8 Å². The molecule has 1 saturated heterocycles. The molecule has 2 aromatic carbocycles. The van der Waals surface area contributed by atoms with E-state index in [1.807, 2.05) is 33.9 Å². The second-order valence-electron chi connectivity index (χ2n) is 8.33. The Morgan fingerprint density at radius 2 is 1.70 bits per heavy atom. The molecule has 1 unspecified atom stereocenters. The topological polar surface area (TPSA) is 32.8 Å². The Hall–Kier alpha value is -2.33. The van der Waals surface area contributed by atoms with E-state index in [1.54, 1.807) is 4.90 Å². The predicted octanol–water partition coefficient (Wildman–Crippen LogP) is 4.79. The summed E-state index contributed by atoms with van der Waals surface area (Å²) in [6.45, 7) is 8.50. The van der Waals surface area contributed by atoms with Crippen LogP contribution in [0.25, 0.3) is 11.1 Å². The van der Waals surface area contributed by atoms with E-state index in [1.165, 1.54) is 16.7 Å². The minimum Gasteiger partial charge on any atom is -0.444 e. The minimum atomic E-state index is -0.454. The average molecular weight is 367 g/mol. The van der Waals surface area contributed by atoms with Gasteiger partial charge in [-0.05, 0) is 43.9 Å². The lowest BCUT2D eigenvalue weighted by Crippen LogP contribution is -2.42. The molecule has 3 rings (SSSR count). The fourth-order valence-electron chi connectivity index (χ4n) is 3.45. The number of rotatable bonds is 4. The molecule has 144 valence electrons. The number of hydrogen-bond donors (Lipinski definition) is 0. The highest BCUT2D eigenvalue weighted by molar-refractivity contribution is 5.68. The number of hydrogen-bond acceptors (Lipinski definition) is 3. The molecule has 0 saturated carbocycles. The summed E-state index contributed by atoms with van der Waals surface area (Å²) in [5, 5.41) is 0. The summed E-state index contributed by atoms with van der Waals surface area (Å²) in [7, 11) is 1.84. The Labute approximate surface area is 162 Å². The van der Waals surface area contributed by atoms with Crippen LogP contribution in [-0.2, 0) is 11.3 Å². The van der Waals surface area contributed by atoms with Crippen LogP contribution in [0.5, 0.6) is 0 Å².